The maximum atomic E-state index is 6.17. The summed E-state index contributed by atoms with van der Waals surface area (Å²) in [6.45, 7) is 0.789. The summed E-state index contributed by atoms with van der Waals surface area (Å²) in [5.74, 6) is 1.03. The molecule has 1 aromatic heterocycles. The van der Waals surface area contributed by atoms with Crippen LogP contribution in [0.4, 0.5) is 0 Å². The van der Waals surface area contributed by atoms with Crippen LogP contribution in [-0.4, -0.2) is 16.5 Å². The van der Waals surface area contributed by atoms with Crippen molar-refractivity contribution in [3.63, 3.8) is 0 Å². The van der Waals surface area contributed by atoms with Crippen molar-refractivity contribution in [1.29, 1.82) is 0 Å². The average molecular weight is 278 g/mol. The Hall–Kier alpha value is -1.32. The monoisotopic (exact) mass is 277 g/mol. The topological polar surface area (TPSA) is 54.7 Å². The van der Waals surface area contributed by atoms with Crippen LogP contribution in [0.15, 0.2) is 30.5 Å². The summed E-state index contributed by atoms with van der Waals surface area (Å²) in [6, 6.07) is 7.81. The normalized spacial score (nSPS) is 10.8. The van der Waals surface area contributed by atoms with Gasteiger partial charge in [-0.25, -0.2) is 4.98 Å². The van der Waals surface area contributed by atoms with Crippen LogP contribution in [-0.2, 0) is 6.42 Å². The Morgan fingerprint density at radius 3 is 2.68 bits per heavy atom. The first-order valence-corrected chi connectivity index (χ1v) is 7.18. The number of hydrogen-bond acceptors (Lipinski definition) is 2. The lowest BCUT2D eigenvalue weighted by molar-refractivity contribution is 0.638. The molecule has 0 spiro atoms. The van der Waals surface area contributed by atoms with Gasteiger partial charge in [0.15, 0.2) is 0 Å². The molecule has 0 aliphatic heterocycles. The van der Waals surface area contributed by atoms with Gasteiger partial charge in [0.05, 0.1) is 11.9 Å². The van der Waals surface area contributed by atoms with E-state index in [9.17, 15) is 0 Å². The zero-order valence-electron chi connectivity index (χ0n) is 11.0. The highest BCUT2D eigenvalue weighted by atomic mass is 35.5. The molecule has 2 aromatic rings. The van der Waals surface area contributed by atoms with Gasteiger partial charge in [-0.1, -0.05) is 42.6 Å². The van der Waals surface area contributed by atoms with Crippen LogP contribution in [0.1, 0.15) is 31.5 Å². The van der Waals surface area contributed by atoms with Gasteiger partial charge in [0.1, 0.15) is 5.82 Å². The first-order chi connectivity index (χ1) is 9.31. The highest BCUT2D eigenvalue weighted by molar-refractivity contribution is 6.33. The number of aromatic amines is 1. The summed E-state index contributed by atoms with van der Waals surface area (Å²) >= 11 is 6.17. The number of nitrogens with two attached hydrogens (primary N) is 1. The van der Waals surface area contributed by atoms with E-state index in [1.807, 2.05) is 30.5 Å². The summed E-state index contributed by atoms with van der Waals surface area (Å²) in [7, 11) is 0. The highest BCUT2D eigenvalue weighted by Crippen LogP contribution is 2.25. The van der Waals surface area contributed by atoms with Crippen molar-refractivity contribution in [2.24, 2.45) is 5.73 Å². The van der Waals surface area contributed by atoms with Crippen LogP contribution in [0.2, 0.25) is 5.02 Å². The summed E-state index contributed by atoms with van der Waals surface area (Å²) in [6.07, 6.45) is 7.51. The van der Waals surface area contributed by atoms with Gasteiger partial charge in [-0.05, 0) is 25.5 Å². The molecule has 4 heteroatoms. The molecule has 0 saturated carbocycles. The third-order valence-corrected chi connectivity index (χ3v) is 3.49. The fraction of sp³-hybridized carbons (Fsp3) is 0.400. The minimum Gasteiger partial charge on any atom is -0.342 e. The summed E-state index contributed by atoms with van der Waals surface area (Å²) in [5.41, 5.74) is 7.47. The Balaban J connectivity index is 1.91. The molecule has 0 atom stereocenters. The van der Waals surface area contributed by atoms with Gasteiger partial charge in [0, 0.05) is 17.0 Å². The van der Waals surface area contributed by atoms with Gasteiger partial charge in [-0.3, -0.25) is 0 Å². The van der Waals surface area contributed by atoms with Crippen LogP contribution in [0, 0.1) is 0 Å². The van der Waals surface area contributed by atoms with Crippen molar-refractivity contribution < 1.29 is 0 Å². The molecule has 102 valence electrons. The van der Waals surface area contributed by atoms with E-state index in [1.165, 1.54) is 12.8 Å². The lowest BCUT2D eigenvalue weighted by Gasteiger charge is -2.00. The van der Waals surface area contributed by atoms with Gasteiger partial charge >= 0.3 is 0 Å². The Bertz CT molecular complexity index is 508. The number of benzene rings is 1. The fourth-order valence-electron chi connectivity index (χ4n) is 2.10. The van der Waals surface area contributed by atoms with Crippen LogP contribution < -0.4 is 5.73 Å². The van der Waals surface area contributed by atoms with Crippen molar-refractivity contribution in [1.82, 2.24) is 9.97 Å². The average Bonchev–Trinajstić information content (AvgIpc) is 2.88. The number of aromatic nitrogens is 2. The standard InChI is InChI=1S/C15H20ClN3/c16-13-8-5-4-7-12(13)14-11-18-15(19-14)9-3-1-2-6-10-17/h4-5,7-8,11H,1-3,6,9-10,17H2,(H,18,19). The number of aryl methyl sites for hydroxylation is 1. The Labute approximate surface area is 119 Å². The molecule has 1 heterocycles. The van der Waals surface area contributed by atoms with E-state index in [0.29, 0.717) is 0 Å². The van der Waals surface area contributed by atoms with Crippen molar-refractivity contribution in [2.75, 3.05) is 6.54 Å². The SMILES string of the molecule is NCCCCCCc1ncc(-c2ccccc2Cl)[nH]1. The number of imidazole rings is 1. The molecule has 0 radical (unpaired) electrons. The van der Waals surface area contributed by atoms with Gasteiger partial charge < -0.3 is 10.7 Å². The van der Waals surface area contributed by atoms with E-state index in [-0.39, 0.29) is 0 Å². The number of nitrogens with zero attached hydrogens (tertiary/aromatic N) is 1. The zero-order valence-corrected chi connectivity index (χ0v) is 11.8. The lowest BCUT2D eigenvalue weighted by atomic mass is 10.1. The summed E-state index contributed by atoms with van der Waals surface area (Å²) in [5, 5.41) is 0.751. The van der Waals surface area contributed by atoms with Crippen molar-refractivity contribution in [3.8, 4) is 11.3 Å². The van der Waals surface area contributed by atoms with E-state index in [4.69, 9.17) is 17.3 Å². The second-order valence-corrected chi connectivity index (χ2v) is 5.08. The quantitative estimate of drug-likeness (QED) is 0.757. The largest absolute Gasteiger partial charge is 0.342 e. The molecule has 0 fully saturated rings. The molecule has 0 amide bonds. The summed E-state index contributed by atoms with van der Waals surface area (Å²) in [4.78, 5) is 7.75. The Morgan fingerprint density at radius 1 is 1.11 bits per heavy atom. The Kier molecular flexibility index (Phi) is 5.43. The molecule has 2 rings (SSSR count). The number of nitrogens with one attached hydrogen (secondary N) is 1. The first kappa shape index (κ1) is 14.1. The minimum absolute atomic E-state index is 0.751. The predicted molar refractivity (Wildman–Crippen MR) is 80.3 cm³/mol. The molecule has 0 bridgehead atoms. The number of H-pyrrole nitrogens is 1. The molecule has 0 unspecified atom stereocenters. The van der Waals surface area contributed by atoms with E-state index in [1.54, 1.807) is 0 Å². The number of halogens is 1. The van der Waals surface area contributed by atoms with Gasteiger partial charge in [0.2, 0.25) is 0 Å². The van der Waals surface area contributed by atoms with Gasteiger partial charge in [-0.2, -0.15) is 0 Å². The van der Waals surface area contributed by atoms with Gasteiger partial charge in [-0.15, -0.1) is 0 Å². The van der Waals surface area contributed by atoms with Crippen molar-refractivity contribution >= 4 is 11.6 Å². The second-order valence-electron chi connectivity index (χ2n) is 4.68. The molecule has 1 aromatic carbocycles. The Morgan fingerprint density at radius 2 is 1.89 bits per heavy atom. The molecule has 3 N–H and O–H groups in total. The number of hydrogen-bond donors (Lipinski definition) is 2. The highest BCUT2D eigenvalue weighted by Gasteiger charge is 2.06. The second kappa shape index (κ2) is 7.31. The van der Waals surface area contributed by atoms with Gasteiger partial charge in [0.25, 0.3) is 0 Å². The van der Waals surface area contributed by atoms with E-state index in [2.05, 4.69) is 9.97 Å². The van der Waals surface area contributed by atoms with E-state index >= 15 is 0 Å². The fourth-order valence-corrected chi connectivity index (χ4v) is 2.33. The molecule has 19 heavy (non-hydrogen) atoms. The maximum Gasteiger partial charge on any atom is 0.106 e. The molecular weight excluding hydrogens is 258 g/mol. The zero-order chi connectivity index (χ0) is 13.5. The third kappa shape index (κ3) is 4.08. The van der Waals surface area contributed by atoms with E-state index in [0.717, 1.165) is 47.9 Å². The summed E-state index contributed by atoms with van der Waals surface area (Å²) < 4.78 is 0. The van der Waals surface area contributed by atoms with Crippen LogP contribution in [0.3, 0.4) is 0 Å². The molecular formula is C15H20ClN3. The lowest BCUT2D eigenvalue weighted by Crippen LogP contribution is -1.98. The van der Waals surface area contributed by atoms with Crippen LogP contribution >= 0.6 is 11.6 Å². The van der Waals surface area contributed by atoms with Crippen molar-refractivity contribution in [3.05, 3.63) is 41.3 Å². The molecule has 3 nitrogen and oxygen atoms in total. The maximum absolute atomic E-state index is 6.17. The molecule has 0 aliphatic carbocycles. The van der Waals surface area contributed by atoms with Crippen LogP contribution in [0.5, 0.6) is 0 Å². The predicted octanol–water partition coefficient (Wildman–Crippen LogP) is 3.79. The first-order valence-electron chi connectivity index (χ1n) is 6.80. The third-order valence-electron chi connectivity index (χ3n) is 3.16. The smallest absolute Gasteiger partial charge is 0.106 e. The minimum atomic E-state index is 0.751. The van der Waals surface area contributed by atoms with Crippen LogP contribution in [0.25, 0.3) is 11.3 Å². The molecule has 0 aliphatic rings. The number of rotatable bonds is 7. The van der Waals surface area contributed by atoms with E-state index < -0.39 is 0 Å². The number of unbranched alkanes of at least 4 members (excludes halogenated alkanes) is 3. The van der Waals surface area contributed by atoms with Crippen molar-refractivity contribution in [2.45, 2.75) is 32.1 Å². The molecule has 0 saturated heterocycles.